The summed E-state index contributed by atoms with van der Waals surface area (Å²) in [5, 5.41) is 2.52. The van der Waals surface area contributed by atoms with Gasteiger partial charge in [-0.2, -0.15) is 0 Å². The first-order valence-corrected chi connectivity index (χ1v) is 5.16. The normalized spacial score (nSPS) is 13.9. The first-order valence-electron chi connectivity index (χ1n) is 4.71. The number of rotatable bonds is 2. The highest BCUT2D eigenvalue weighted by Crippen LogP contribution is 2.26. The Morgan fingerprint density at radius 3 is 2.21 bits per heavy atom. The highest BCUT2D eigenvalue weighted by Gasteiger charge is 2.12. The Kier molecular flexibility index (Phi) is 4.53. The monoisotopic (exact) mass is 209 g/mol. The fourth-order valence-corrected chi connectivity index (χ4v) is 0.941. The number of hydrogen-bond acceptors (Lipinski definition) is 2. The van der Waals surface area contributed by atoms with Crippen LogP contribution in [0.15, 0.2) is 29.2 Å². The molecule has 0 radical (unpaired) electrons. The Hall–Kier alpha value is -0.960. The average Bonchev–Trinajstić information content (AvgIpc) is 2.94. The first kappa shape index (κ1) is 11.1. The molecule has 1 aliphatic rings. The fraction of sp³-hybridized carbons (Fsp3) is 0.364. The van der Waals surface area contributed by atoms with Crippen molar-refractivity contribution in [3.05, 3.63) is 24.3 Å². The number of thiol groups is 1. The molecule has 1 fully saturated rings. The van der Waals surface area contributed by atoms with Crippen LogP contribution in [0, 0.1) is 5.92 Å². The summed E-state index contributed by atoms with van der Waals surface area (Å²) in [6.45, 7) is 2.28. The lowest BCUT2D eigenvalue weighted by Gasteiger charge is -1.96. The molecule has 0 heterocycles. The fourth-order valence-electron chi connectivity index (χ4n) is 0.792. The molecule has 1 aromatic carbocycles. The highest BCUT2D eigenvalue weighted by molar-refractivity contribution is 7.80. The molecule has 2 nitrogen and oxygen atoms in total. The van der Waals surface area contributed by atoms with Gasteiger partial charge in [-0.05, 0) is 30.2 Å². The summed E-state index contributed by atoms with van der Waals surface area (Å²) in [5.41, 5.74) is 0.785. The number of nitrogens with one attached hydrogen (secondary N) is 1. The third kappa shape index (κ3) is 4.92. The molecule has 1 aromatic rings. The molecule has 1 aliphatic carbocycles. The Morgan fingerprint density at radius 2 is 1.86 bits per heavy atom. The Balaban J connectivity index is 0.000000203. The molecule has 1 N–H and O–H groups in total. The second-order valence-electron chi connectivity index (χ2n) is 3.49. The van der Waals surface area contributed by atoms with Crippen LogP contribution in [0.3, 0.4) is 0 Å². The smallest absolute Gasteiger partial charge is 0.211 e. The molecule has 0 saturated heterocycles. The van der Waals surface area contributed by atoms with Crippen molar-refractivity contribution in [2.75, 3.05) is 5.32 Å². The number of carbonyl (C=O) groups excluding carboxylic acids is 1. The second-order valence-corrected chi connectivity index (χ2v) is 4.01. The van der Waals surface area contributed by atoms with Gasteiger partial charge in [0.1, 0.15) is 0 Å². The van der Waals surface area contributed by atoms with Crippen molar-refractivity contribution in [3.8, 4) is 0 Å². The highest BCUT2D eigenvalue weighted by atomic mass is 32.1. The van der Waals surface area contributed by atoms with Crippen molar-refractivity contribution in [2.45, 2.75) is 24.7 Å². The molecule has 1 amide bonds. The van der Waals surface area contributed by atoms with E-state index in [1.807, 2.05) is 12.1 Å². The van der Waals surface area contributed by atoms with Gasteiger partial charge in [0, 0.05) is 10.6 Å². The van der Waals surface area contributed by atoms with Gasteiger partial charge >= 0.3 is 0 Å². The van der Waals surface area contributed by atoms with Gasteiger partial charge < -0.3 is 5.32 Å². The van der Waals surface area contributed by atoms with Crippen LogP contribution in [0.5, 0.6) is 0 Å². The van der Waals surface area contributed by atoms with Crippen molar-refractivity contribution in [1.29, 1.82) is 0 Å². The number of anilines is 1. The van der Waals surface area contributed by atoms with E-state index in [0.717, 1.165) is 16.5 Å². The average molecular weight is 209 g/mol. The van der Waals surface area contributed by atoms with E-state index >= 15 is 0 Å². The predicted molar refractivity (Wildman–Crippen MR) is 61.8 cm³/mol. The molecular formula is C11H15NOS. The summed E-state index contributed by atoms with van der Waals surface area (Å²) in [6, 6.07) is 7.21. The minimum atomic E-state index is 0.646. The lowest BCUT2D eigenvalue weighted by atomic mass is 10.3. The number of carbonyl (C=O) groups is 1. The molecule has 3 heteroatoms. The zero-order valence-corrected chi connectivity index (χ0v) is 9.13. The first-order chi connectivity index (χ1) is 6.72. The van der Waals surface area contributed by atoms with Gasteiger partial charge in [-0.1, -0.05) is 19.8 Å². The molecule has 76 valence electrons. The van der Waals surface area contributed by atoms with Gasteiger partial charge in [-0.25, -0.2) is 0 Å². The van der Waals surface area contributed by atoms with Gasteiger partial charge in [0.15, 0.2) is 0 Å². The van der Waals surface area contributed by atoms with E-state index in [9.17, 15) is 4.79 Å². The quantitative estimate of drug-likeness (QED) is 0.569. The lowest BCUT2D eigenvalue weighted by molar-refractivity contribution is -0.105. The molecule has 2 rings (SSSR count). The third-order valence-corrected chi connectivity index (χ3v) is 2.26. The Labute approximate surface area is 90.1 Å². The van der Waals surface area contributed by atoms with Crippen molar-refractivity contribution < 1.29 is 4.79 Å². The second kappa shape index (κ2) is 5.70. The minimum Gasteiger partial charge on any atom is -0.329 e. The van der Waals surface area contributed by atoms with E-state index < -0.39 is 0 Å². The van der Waals surface area contributed by atoms with Gasteiger partial charge in [0.05, 0.1) is 0 Å². The lowest BCUT2D eigenvalue weighted by Crippen LogP contribution is -1.91. The molecular weight excluding hydrogens is 194 g/mol. The van der Waals surface area contributed by atoms with Crippen LogP contribution in [0.2, 0.25) is 0 Å². The largest absolute Gasteiger partial charge is 0.329 e. The van der Waals surface area contributed by atoms with Crippen LogP contribution < -0.4 is 5.32 Å². The maximum atomic E-state index is 9.93. The van der Waals surface area contributed by atoms with Crippen molar-refractivity contribution in [3.63, 3.8) is 0 Å². The molecule has 0 unspecified atom stereocenters. The third-order valence-electron chi connectivity index (χ3n) is 1.96. The Morgan fingerprint density at radius 1 is 1.36 bits per heavy atom. The minimum absolute atomic E-state index is 0.646. The van der Waals surface area contributed by atoms with Crippen LogP contribution in [0.1, 0.15) is 19.8 Å². The molecule has 0 aromatic heterocycles. The summed E-state index contributed by atoms with van der Waals surface area (Å²) >= 11 is 4.08. The molecule has 14 heavy (non-hydrogen) atoms. The topological polar surface area (TPSA) is 29.1 Å². The van der Waals surface area contributed by atoms with Crippen molar-refractivity contribution in [2.24, 2.45) is 5.92 Å². The van der Waals surface area contributed by atoms with Crippen LogP contribution in [-0.2, 0) is 4.79 Å². The number of hydrogen-bond donors (Lipinski definition) is 2. The molecule has 0 spiro atoms. The van der Waals surface area contributed by atoms with E-state index in [-0.39, 0.29) is 0 Å². The van der Waals surface area contributed by atoms with Crippen LogP contribution in [0.4, 0.5) is 5.69 Å². The van der Waals surface area contributed by atoms with Crippen molar-refractivity contribution in [1.82, 2.24) is 0 Å². The zero-order valence-electron chi connectivity index (χ0n) is 8.23. The van der Waals surface area contributed by atoms with Crippen LogP contribution in [0.25, 0.3) is 0 Å². The van der Waals surface area contributed by atoms with E-state index in [4.69, 9.17) is 0 Å². The van der Waals surface area contributed by atoms with Gasteiger partial charge in [-0.3, -0.25) is 4.79 Å². The zero-order chi connectivity index (χ0) is 10.4. The summed E-state index contributed by atoms with van der Waals surface area (Å²) in [4.78, 5) is 10.8. The summed E-state index contributed by atoms with van der Waals surface area (Å²) in [5.74, 6) is 1.08. The maximum absolute atomic E-state index is 9.93. The summed E-state index contributed by atoms with van der Waals surface area (Å²) < 4.78 is 0. The number of amides is 1. The van der Waals surface area contributed by atoms with Crippen molar-refractivity contribution >= 4 is 24.7 Å². The van der Waals surface area contributed by atoms with Crippen LogP contribution in [-0.4, -0.2) is 6.41 Å². The van der Waals surface area contributed by atoms with E-state index in [0.29, 0.717) is 6.41 Å². The Bertz CT molecular complexity index is 280. The predicted octanol–water partition coefficient (Wildman–Crippen LogP) is 2.96. The van der Waals surface area contributed by atoms with E-state index in [1.165, 1.54) is 12.8 Å². The number of benzene rings is 1. The van der Waals surface area contributed by atoms with Gasteiger partial charge in [0.25, 0.3) is 0 Å². The molecule has 0 bridgehead atoms. The van der Waals surface area contributed by atoms with Gasteiger partial charge in [0.2, 0.25) is 6.41 Å². The van der Waals surface area contributed by atoms with E-state index in [1.54, 1.807) is 12.1 Å². The van der Waals surface area contributed by atoms with Gasteiger partial charge in [-0.15, -0.1) is 12.6 Å². The summed E-state index contributed by atoms with van der Waals surface area (Å²) in [7, 11) is 0. The van der Waals surface area contributed by atoms with E-state index in [2.05, 4.69) is 24.9 Å². The summed E-state index contributed by atoms with van der Waals surface area (Å²) in [6.07, 6.45) is 3.62. The maximum Gasteiger partial charge on any atom is 0.211 e. The standard InChI is InChI=1S/C7H7NOS.C4H8/c9-5-8-6-1-3-7(10)4-2-6;1-4-2-3-4/h1-5,10H,(H,8,9);4H,2-3H2,1H3. The SMILES string of the molecule is CC1CC1.O=CNc1ccc(S)cc1. The molecule has 1 saturated carbocycles. The molecule has 0 atom stereocenters. The van der Waals surface area contributed by atoms with Crippen LogP contribution >= 0.6 is 12.6 Å². The molecule has 0 aliphatic heterocycles.